The molecular weight excluding hydrogens is 276 g/mol. The van der Waals surface area contributed by atoms with Gasteiger partial charge in [-0.3, -0.25) is 0 Å². The molecule has 3 aliphatic carbocycles. The predicted molar refractivity (Wildman–Crippen MR) is 94.9 cm³/mol. The summed E-state index contributed by atoms with van der Waals surface area (Å²) in [6.45, 7) is 0. The lowest BCUT2D eigenvalue weighted by molar-refractivity contribution is 0.425. The molecule has 0 amide bonds. The average molecular weight is 296 g/mol. The molecular formula is C23H20. The summed E-state index contributed by atoms with van der Waals surface area (Å²) < 4.78 is 0. The molecule has 0 nitrogen and oxygen atoms in total. The monoisotopic (exact) mass is 296 g/mol. The van der Waals surface area contributed by atoms with Crippen molar-refractivity contribution < 1.29 is 0 Å². The summed E-state index contributed by atoms with van der Waals surface area (Å²) in [5, 5.41) is 0. The quantitative estimate of drug-likeness (QED) is 0.560. The molecule has 0 heteroatoms. The summed E-state index contributed by atoms with van der Waals surface area (Å²) in [5.74, 6) is 0.571. The van der Waals surface area contributed by atoms with E-state index in [1.54, 1.807) is 16.7 Å². The van der Waals surface area contributed by atoms with E-state index in [1.807, 2.05) is 0 Å². The maximum absolute atomic E-state index is 2.38. The highest BCUT2D eigenvalue weighted by Gasteiger charge is 2.44. The molecule has 2 unspecified atom stereocenters. The van der Waals surface area contributed by atoms with E-state index in [1.165, 1.54) is 24.0 Å². The van der Waals surface area contributed by atoms with Gasteiger partial charge in [0.2, 0.25) is 0 Å². The van der Waals surface area contributed by atoms with Gasteiger partial charge in [-0.05, 0) is 47.1 Å². The Morgan fingerprint density at radius 3 is 2.26 bits per heavy atom. The fourth-order valence-corrected chi connectivity index (χ4v) is 4.94. The summed E-state index contributed by atoms with van der Waals surface area (Å²) in [4.78, 5) is 0. The zero-order valence-electron chi connectivity index (χ0n) is 13.2. The third kappa shape index (κ3) is 1.78. The van der Waals surface area contributed by atoms with Gasteiger partial charge in [-0.2, -0.15) is 0 Å². The number of benzene rings is 3. The average Bonchev–Trinajstić information content (AvgIpc) is 2.87. The van der Waals surface area contributed by atoms with Crippen LogP contribution in [0.2, 0.25) is 0 Å². The van der Waals surface area contributed by atoms with Crippen molar-refractivity contribution >= 4 is 0 Å². The van der Waals surface area contributed by atoms with Gasteiger partial charge in [0.05, 0.1) is 0 Å². The molecule has 3 aromatic carbocycles. The highest BCUT2D eigenvalue weighted by molar-refractivity contribution is 5.55. The third-order valence-corrected chi connectivity index (χ3v) is 5.96. The van der Waals surface area contributed by atoms with Crippen LogP contribution in [0.1, 0.15) is 46.6 Å². The molecule has 0 heterocycles. The smallest absolute Gasteiger partial charge is 0.0246 e. The Labute approximate surface area is 137 Å². The van der Waals surface area contributed by atoms with Gasteiger partial charge in [-0.1, -0.05) is 78.9 Å². The first kappa shape index (κ1) is 13.1. The van der Waals surface area contributed by atoms with Gasteiger partial charge >= 0.3 is 0 Å². The van der Waals surface area contributed by atoms with Gasteiger partial charge in [0.15, 0.2) is 0 Å². The van der Waals surface area contributed by atoms with Crippen molar-refractivity contribution in [3.05, 3.63) is 107 Å². The second-order valence-corrected chi connectivity index (χ2v) is 7.00. The molecule has 2 atom stereocenters. The van der Waals surface area contributed by atoms with Crippen LogP contribution in [0.4, 0.5) is 0 Å². The van der Waals surface area contributed by atoms with Crippen molar-refractivity contribution in [1.29, 1.82) is 0 Å². The van der Waals surface area contributed by atoms with Crippen molar-refractivity contribution in [3.8, 4) is 0 Å². The van der Waals surface area contributed by atoms with E-state index in [0.29, 0.717) is 5.92 Å². The minimum Gasteiger partial charge on any atom is -0.0622 e. The summed E-state index contributed by atoms with van der Waals surface area (Å²) >= 11 is 0. The Morgan fingerprint density at radius 2 is 1.39 bits per heavy atom. The molecule has 2 bridgehead atoms. The number of hydrogen-bond donors (Lipinski definition) is 0. The van der Waals surface area contributed by atoms with Crippen LogP contribution in [0.5, 0.6) is 0 Å². The van der Waals surface area contributed by atoms with E-state index in [9.17, 15) is 0 Å². The molecule has 0 N–H and O–H groups in total. The van der Waals surface area contributed by atoms with Crippen LogP contribution in [0.15, 0.2) is 78.9 Å². The van der Waals surface area contributed by atoms with E-state index in [0.717, 1.165) is 6.42 Å². The molecule has 0 aliphatic heterocycles. The second-order valence-electron chi connectivity index (χ2n) is 7.00. The Kier molecular flexibility index (Phi) is 2.76. The van der Waals surface area contributed by atoms with Crippen LogP contribution < -0.4 is 0 Å². The van der Waals surface area contributed by atoms with Crippen molar-refractivity contribution in [2.24, 2.45) is 0 Å². The normalized spacial score (nSPS) is 24.6. The van der Waals surface area contributed by atoms with Crippen LogP contribution in [0, 0.1) is 0 Å². The lowest BCUT2D eigenvalue weighted by Gasteiger charge is -2.40. The third-order valence-electron chi connectivity index (χ3n) is 5.96. The Bertz CT molecular complexity index is 862. The first-order valence-electron chi connectivity index (χ1n) is 8.61. The molecule has 0 fully saturated rings. The predicted octanol–water partition coefficient (Wildman–Crippen LogP) is 5.45. The standard InChI is InChI=1S/C23H20/c1-2-9-18(10-3-1)23-15-14-20(21-12-6-7-13-22(21)23)19-11-5-4-8-17(19)16-23/h1-13,20H,14-16H2. The first-order valence-corrected chi connectivity index (χ1v) is 8.61. The topological polar surface area (TPSA) is 0 Å². The minimum atomic E-state index is 0.140. The van der Waals surface area contributed by atoms with Gasteiger partial charge in [-0.15, -0.1) is 0 Å². The van der Waals surface area contributed by atoms with Crippen molar-refractivity contribution in [2.45, 2.75) is 30.6 Å². The summed E-state index contributed by atoms with van der Waals surface area (Å²) in [6.07, 6.45) is 3.62. The fourth-order valence-electron chi connectivity index (χ4n) is 4.94. The Morgan fingerprint density at radius 1 is 0.696 bits per heavy atom. The minimum absolute atomic E-state index is 0.140. The SMILES string of the molecule is c1ccc(C23CCC(c4ccccc4C2)c2ccccc23)cc1. The van der Waals surface area contributed by atoms with Crippen molar-refractivity contribution in [3.63, 3.8) is 0 Å². The van der Waals surface area contributed by atoms with Crippen molar-refractivity contribution in [2.75, 3.05) is 0 Å². The molecule has 112 valence electrons. The van der Waals surface area contributed by atoms with Crippen molar-refractivity contribution in [1.82, 2.24) is 0 Å². The van der Waals surface area contributed by atoms with Gasteiger partial charge in [0.1, 0.15) is 0 Å². The fraction of sp³-hybridized carbons (Fsp3) is 0.217. The zero-order chi connectivity index (χ0) is 15.3. The molecule has 6 rings (SSSR count). The number of fused-ring (bicyclic) bond motifs is 1. The van der Waals surface area contributed by atoms with Gasteiger partial charge < -0.3 is 0 Å². The summed E-state index contributed by atoms with van der Waals surface area (Å²) in [5.41, 5.74) is 7.81. The first-order chi connectivity index (χ1) is 11.4. The van der Waals surface area contributed by atoms with Gasteiger partial charge in [0.25, 0.3) is 0 Å². The maximum atomic E-state index is 2.38. The molecule has 0 aromatic heterocycles. The van der Waals surface area contributed by atoms with E-state index >= 15 is 0 Å². The molecule has 3 aromatic rings. The van der Waals surface area contributed by atoms with Crippen LogP contribution in [0.25, 0.3) is 0 Å². The zero-order valence-corrected chi connectivity index (χ0v) is 13.2. The number of hydrogen-bond acceptors (Lipinski definition) is 0. The van der Waals surface area contributed by atoms with Gasteiger partial charge in [0, 0.05) is 11.3 Å². The summed E-state index contributed by atoms with van der Waals surface area (Å²) in [7, 11) is 0. The van der Waals surface area contributed by atoms with E-state index in [-0.39, 0.29) is 5.41 Å². The summed E-state index contributed by atoms with van der Waals surface area (Å²) in [6, 6.07) is 29.4. The molecule has 0 saturated heterocycles. The lowest BCUT2D eigenvalue weighted by Crippen LogP contribution is -2.33. The van der Waals surface area contributed by atoms with Crippen LogP contribution >= 0.6 is 0 Å². The number of rotatable bonds is 1. The molecule has 0 spiro atoms. The van der Waals surface area contributed by atoms with Gasteiger partial charge in [-0.25, -0.2) is 0 Å². The van der Waals surface area contributed by atoms with E-state index in [2.05, 4.69) is 78.9 Å². The van der Waals surface area contributed by atoms with Crippen LogP contribution in [0.3, 0.4) is 0 Å². The molecule has 0 radical (unpaired) electrons. The molecule has 0 saturated carbocycles. The largest absolute Gasteiger partial charge is 0.0622 e. The molecule has 3 aliphatic rings. The lowest BCUT2D eigenvalue weighted by atomic mass is 9.63. The maximum Gasteiger partial charge on any atom is 0.0246 e. The Hall–Kier alpha value is -2.34. The highest BCUT2D eigenvalue weighted by atomic mass is 14.5. The van der Waals surface area contributed by atoms with Crippen LogP contribution in [-0.4, -0.2) is 0 Å². The van der Waals surface area contributed by atoms with E-state index in [4.69, 9.17) is 0 Å². The highest BCUT2D eigenvalue weighted by Crippen LogP contribution is 2.54. The Balaban J connectivity index is 1.85. The second kappa shape index (κ2) is 4.83. The van der Waals surface area contributed by atoms with E-state index < -0.39 is 0 Å². The van der Waals surface area contributed by atoms with Crippen LogP contribution in [-0.2, 0) is 11.8 Å². The molecule has 23 heavy (non-hydrogen) atoms.